The van der Waals surface area contributed by atoms with Gasteiger partial charge < -0.3 is 15.8 Å². The van der Waals surface area contributed by atoms with Crippen molar-refractivity contribution in [3.8, 4) is 5.75 Å². The van der Waals surface area contributed by atoms with Gasteiger partial charge in [-0.25, -0.2) is 0 Å². The second-order valence-electron chi connectivity index (χ2n) is 4.59. The molecule has 0 fully saturated rings. The summed E-state index contributed by atoms with van der Waals surface area (Å²) in [6, 6.07) is 11.6. The highest BCUT2D eigenvalue weighted by molar-refractivity contribution is 9.10. The van der Waals surface area contributed by atoms with E-state index >= 15 is 0 Å². The van der Waals surface area contributed by atoms with E-state index in [1.165, 1.54) is 0 Å². The molecule has 3 N–H and O–H groups in total. The molecule has 0 aliphatic heterocycles. The standard InChI is InChI=1S/C16H14BrN3O/c1-21-16-5-2-10(17)8-15(16)20-14-4-3-13(18)12-9-19-7-6-11(12)14/h2-9,20H,18H2,1H3. The molecule has 0 bridgehead atoms. The molecule has 0 atom stereocenters. The van der Waals surface area contributed by atoms with Crippen LogP contribution in [0.3, 0.4) is 0 Å². The number of nitrogens with one attached hydrogen (secondary N) is 1. The summed E-state index contributed by atoms with van der Waals surface area (Å²) in [7, 11) is 1.65. The third kappa shape index (κ3) is 2.64. The molecule has 0 aliphatic carbocycles. The average Bonchev–Trinajstić information content (AvgIpc) is 2.51. The first-order chi connectivity index (χ1) is 10.2. The first-order valence-corrected chi connectivity index (χ1v) is 7.21. The van der Waals surface area contributed by atoms with E-state index in [1.54, 1.807) is 19.5 Å². The zero-order valence-corrected chi connectivity index (χ0v) is 13.0. The molecule has 0 aliphatic rings. The lowest BCUT2D eigenvalue weighted by atomic mass is 10.1. The Balaban J connectivity index is 2.11. The Morgan fingerprint density at radius 2 is 1.95 bits per heavy atom. The molecule has 1 heterocycles. The summed E-state index contributed by atoms with van der Waals surface area (Å²) in [4.78, 5) is 4.13. The van der Waals surface area contributed by atoms with E-state index in [0.29, 0.717) is 5.69 Å². The lowest BCUT2D eigenvalue weighted by molar-refractivity contribution is 0.417. The largest absolute Gasteiger partial charge is 0.495 e. The van der Waals surface area contributed by atoms with Crippen LogP contribution in [0.25, 0.3) is 10.8 Å². The maximum absolute atomic E-state index is 6.00. The number of hydrogen-bond acceptors (Lipinski definition) is 4. The van der Waals surface area contributed by atoms with Crippen molar-refractivity contribution >= 4 is 43.8 Å². The van der Waals surface area contributed by atoms with Crippen LogP contribution in [0.15, 0.2) is 53.3 Å². The number of anilines is 3. The minimum Gasteiger partial charge on any atom is -0.495 e. The lowest BCUT2D eigenvalue weighted by Crippen LogP contribution is -1.97. The van der Waals surface area contributed by atoms with Crippen LogP contribution in [-0.4, -0.2) is 12.1 Å². The normalized spacial score (nSPS) is 10.6. The van der Waals surface area contributed by atoms with Crippen molar-refractivity contribution in [2.75, 3.05) is 18.2 Å². The molecule has 0 unspecified atom stereocenters. The molecule has 0 saturated carbocycles. The second kappa shape index (κ2) is 5.61. The van der Waals surface area contributed by atoms with E-state index in [1.807, 2.05) is 36.4 Å². The van der Waals surface area contributed by atoms with Gasteiger partial charge in [0.2, 0.25) is 0 Å². The number of ether oxygens (including phenoxy) is 1. The van der Waals surface area contributed by atoms with Gasteiger partial charge in [-0.05, 0) is 36.4 Å². The minimum absolute atomic E-state index is 0.713. The zero-order valence-electron chi connectivity index (χ0n) is 11.4. The van der Waals surface area contributed by atoms with Gasteiger partial charge in [0, 0.05) is 39.0 Å². The molecule has 106 valence electrons. The van der Waals surface area contributed by atoms with E-state index in [0.717, 1.165) is 32.4 Å². The van der Waals surface area contributed by atoms with E-state index in [-0.39, 0.29) is 0 Å². The monoisotopic (exact) mass is 343 g/mol. The minimum atomic E-state index is 0.713. The van der Waals surface area contributed by atoms with Gasteiger partial charge in [0.05, 0.1) is 12.8 Å². The first kappa shape index (κ1) is 13.7. The first-order valence-electron chi connectivity index (χ1n) is 6.42. The summed E-state index contributed by atoms with van der Waals surface area (Å²) < 4.78 is 6.37. The van der Waals surface area contributed by atoms with E-state index in [9.17, 15) is 0 Å². The predicted molar refractivity (Wildman–Crippen MR) is 90.1 cm³/mol. The Morgan fingerprint density at radius 3 is 2.76 bits per heavy atom. The fourth-order valence-corrected chi connectivity index (χ4v) is 2.61. The van der Waals surface area contributed by atoms with Crippen LogP contribution >= 0.6 is 15.9 Å². The molecular weight excluding hydrogens is 330 g/mol. The third-order valence-corrected chi connectivity index (χ3v) is 3.78. The van der Waals surface area contributed by atoms with Crippen LogP contribution in [0.1, 0.15) is 0 Å². The highest BCUT2D eigenvalue weighted by Crippen LogP contribution is 2.34. The summed E-state index contributed by atoms with van der Waals surface area (Å²) in [5.41, 5.74) is 8.55. The van der Waals surface area contributed by atoms with Gasteiger partial charge in [-0.1, -0.05) is 15.9 Å². The number of rotatable bonds is 3. The van der Waals surface area contributed by atoms with Crippen LogP contribution in [-0.2, 0) is 0 Å². The lowest BCUT2D eigenvalue weighted by Gasteiger charge is -2.14. The summed E-state index contributed by atoms with van der Waals surface area (Å²) in [6.07, 6.45) is 3.53. The number of aromatic nitrogens is 1. The zero-order chi connectivity index (χ0) is 14.8. The van der Waals surface area contributed by atoms with E-state index in [2.05, 4.69) is 26.2 Å². The molecule has 2 aromatic carbocycles. The van der Waals surface area contributed by atoms with E-state index < -0.39 is 0 Å². The number of benzene rings is 2. The number of nitrogens with two attached hydrogens (primary N) is 1. The molecule has 0 spiro atoms. The van der Waals surface area contributed by atoms with E-state index in [4.69, 9.17) is 10.5 Å². The third-order valence-electron chi connectivity index (χ3n) is 3.28. The van der Waals surface area contributed by atoms with Crippen molar-refractivity contribution in [1.82, 2.24) is 4.98 Å². The van der Waals surface area contributed by atoms with Crippen molar-refractivity contribution in [2.24, 2.45) is 0 Å². The molecule has 4 nitrogen and oxygen atoms in total. The smallest absolute Gasteiger partial charge is 0.142 e. The Labute approximate surface area is 131 Å². The number of methoxy groups -OCH3 is 1. The van der Waals surface area contributed by atoms with Crippen molar-refractivity contribution in [3.05, 3.63) is 53.3 Å². The molecule has 0 saturated heterocycles. The maximum atomic E-state index is 6.00. The molecule has 5 heteroatoms. The highest BCUT2D eigenvalue weighted by Gasteiger charge is 2.08. The van der Waals surface area contributed by atoms with Crippen molar-refractivity contribution in [3.63, 3.8) is 0 Å². The van der Waals surface area contributed by atoms with Crippen LogP contribution < -0.4 is 15.8 Å². The predicted octanol–water partition coefficient (Wildman–Crippen LogP) is 4.33. The fraction of sp³-hybridized carbons (Fsp3) is 0.0625. The van der Waals surface area contributed by atoms with Gasteiger partial charge in [-0.2, -0.15) is 0 Å². The van der Waals surface area contributed by atoms with Gasteiger partial charge in [0.25, 0.3) is 0 Å². The van der Waals surface area contributed by atoms with Crippen molar-refractivity contribution < 1.29 is 4.74 Å². The number of hydrogen-bond donors (Lipinski definition) is 2. The topological polar surface area (TPSA) is 60.2 Å². The molecule has 1 aromatic heterocycles. The number of fused-ring (bicyclic) bond motifs is 1. The van der Waals surface area contributed by atoms with Crippen molar-refractivity contribution in [1.29, 1.82) is 0 Å². The SMILES string of the molecule is COc1ccc(Br)cc1Nc1ccc(N)c2cnccc12. The van der Waals surface area contributed by atoms with Gasteiger partial charge in [-0.3, -0.25) is 4.98 Å². The number of pyridine rings is 1. The summed E-state index contributed by atoms with van der Waals surface area (Å²) in [5.74, 6) is 0.775. The van der Waals surface area contributed by atoms with Gasteiger partial charge in [0.15, 0.2) is 0 Å². The Morgan fingerprint density at radius 1 is 1.10 bits per heavy atom. The Bertz CT molecular complexity index is 805. The number of nitrogen functional groups attached to an aromatic ring is 1. The number of nitrogens with zero attached hydrogens (tertiary/aromatic N) is 1. The molecule has 0 amide bonds. The number of halogens is 1. The summed E-state index contributed by atoms with van der Waals surface area (Å²) in [6.45, 7) is 0. The fourth-order valence-electron chi connectivity index (χ4n) is 2.24. The van der Waals surface area contributed by atoms with Crippen LogP contribution in [0, 0.1) is 0 Å². The Kier molecular flexibility index (Phi) is 3.66. The second-order valence-corrected chi connectivity index (χ2v) is 5.51. The molecular formula is C16H14BrN3O. The molecule has 21 heavy (non-hydrogen) atoms. The van der Waals surface area contributed by atoms with Gasteiger partial charge in [-0.15, -0.1) is 0 Å². The summed E-state index contributed by atoms with van der Waals surface area (Å²) >= 11 is 3.47. The van der Waals surface area contributed by atoms with Gasteiger partial charge >= 0.3 is 0 Å². The molecule has 0 radical (unpaired) electrons. The molecule has 3 aromatic rings. The van der Waals surface area contributed by atoms with Crippen LogP contribution in [0.2, 0.25) is 0 Å². The van der Waals surface area contributed by atoms with Gasteiger partial charge in [0.1, 0.15) is 5.75 Å². The van der Waals surface area contributed by atoms with Crippen LogP contribution in [0.4, 0.5) is 17.1 Å². The van der Waals surface area contributed by atoms with Crippen molar-refractivity contribution in [2.45, 2.75) is 0 Å². The Hall–Kier alpha value is -2.27. The highest BCUT2D eigenvalue weighted by atomic mass is 79.9. The molecule has 3 rings (SSSR count). The average molecular weight is 344 g/mol. The summed E-state index contributed by atoms with van der Waals surface area (Å²) in [5, 5.41) is 5.34. The van der Waals surface area contributed by atoms with Crippen LogP contribution in [0.5, 0.6) is 5.75 Å². The maximum Gasteiger partial charge on any atom is 0.142 e. The quantitative estimate of drug-likeness (QED) is 0.694.